The first-order chi connectivity index (χ1) is 8.75. The zero-order chi connectivity index (χ0) is 16.2. The molecule has 0 fully saturated rings. The SMILES string of the molecule is C[Si](C)O[Si](C)(C)O[Si](C)(CCC(F)(F)F)O[Si](C)C. The summed E-state index contributed by atoms with van der Waals surface area (Å²) >= 11 is 0. The Morgan fingerprint density at radius 2 is 1.35 bits per heavy atom. The third-order valence-corrected chi connectivity index (χ3v) is 14.0. The normalized spacial score (nSPS) is 16.8. The molecule has 0 amide bonds. The van der Waals surface area contributed by atoms with E-state index in [2.05, 4.69) is 0 Å². The summed E-state index contributed by atoms with van der Waals surface area (Å²) in [5.41, 5.74) is 0. The van der Waals surface area contributed by atoms with E-state index in [1.807, 2.05) is 39.3 Å². The van der Waals surface area contributed by atoms with Gasteiger partial charge in [0.15, 0.2) is 18.1 Å². The van der Waals surface area contributed by atoms with Crippen LogP contribution < -0.4 is 0 Å². The Bertz CT molecular complexity index is 300. The Balaban J connectivity index is 4.85. The summed E-state index contributed by atoms with van der Waals surface area (Å²) in [6.07, 6.45) is -5.03. The lowest BCUT2D eigenvalue weighted by Crippen LogP contribution is -2.53. The van der Waals surface area contributed by atoms with Gasteiger partial charge in [0, 0.05) is 6.42 Å². The maximum absolute atomic E-state index is 12.5. The first kappa shape index (κ1) is 20.5. The zero-order valence-electron chi connectivity index (χ0n) is 13.3. The lowest BCUT2D eigenvalue weighted by molar-refractivity contribution is -0.131. The Morgan fingerprint density at radius 1 is 0.900 bits per heavy atom. The van der Waals surface area contributed by atoms with E-state index in [0.717, 1.165) is 0 Å². The molecule has 10 heteroatoms. The minimum absolute atomic E-state index is 0.0678. The molecule has 0 aromatic rings. The first-order valence-corrected chi connectivity index (χ1v) is 16.7. The van der Waals surface area contributed by atoms with Crippen molar-refractivity contribution >= 4 is 35.2 Å². The predicted molar refractivity (Wildman–Crippen MR) is 82.8 cm³/mol. The third-order valence-electron chi connectivity index (χ3n) is 2.19. The van der Waals surface area contributed by atoms with E-state index < -0.39 is 47.8 Å². The molecule has 1 unspecified atom stereocenters. The molecule has 0 aliphatic rings. The van der Waals surface area contributed by atoms with Crippen LogP contribution in [0.1, 0.15) is 6.42 Å². The van der Waals surface area contributed by atoms with Crippen molar-refractivity contribution in [3.05, 3.63) is 0 Å². The van der Waals surface area contributed by atoms with Gasteiger partial charge < -0.3 is 12.3 Å². The molecule has 0 saturated heterocycles. The van der Waals surface area contributed by atoms with Crippen molar-refractivity contribution in [3.8, 4) is 0 Å². The van der Waals surface area contributed by atoms with Gasteiger partial charge in [0.25, 0.3) is 0 Å². The summed E-state index contributed by atoms with van der Waals surface area (Å²) in [7, 11) is -7.34. The molecule has 0 heterocycles. The van der Waals surface area contributed by atoms with Gasteiger partial charge in [-0.1, -0.05) is 0 Å². The predicted octanol–water partition coefficient (Wildman–Crippen LogP) is 4.26. The molecule has 0 spiro atoms. The van der Waals surface area contributed by atoms with Crippen molar-refractivity contribution in [2.45, 2.75) is 64.5 Å². The molecule has 20 heavy (non-hydrogen) atoms. The van der Waals surface area contributed by atoms with Crippen LogP contribution in [0.2, 0.25) is 51.9 Å². The van der Waals surface area contributed by atoms with Gasteiger partial charge in [-0.15, -0.1) is 0 Å². The van der Waals surface area contributed by atoms with Gasteiger partial charge in [0.05, 0.1) is 0 Å². The van der Waals surface area contributed by atoms with Crippen molar-refractivity contribution in [2.24, 2.45) is 0 Å². The van der Waals surface area contributed by atoms with Gasteiger partial charge >= 0.3 is 23.3 Å². The molecule has 0 aromatic carbocycles. The van der Waals surface area contributed by atoms with Crippen LogP contribution in [0.15, 0.2) is 0 Å². The van der Waals surface area contributed by atoms with Crippen molar-refractivity contribution < 1.29 is 25.5 Å². The monoisotopic (exact) mass is 362 g/mol. The molecule has 0 bridgehead atoms. The van der Waals surface area contributed by atoms with Crippen LogP contribution in [-0.4, -0.2) is 41.4 Å². The van der Waals surface area contributed by atoms with Crippen LogP contribution in [-0.2, 0) is 12.3 Å². The topological polar surface area (TPSA) is 27.7 Å². The highest BCUT2D eigenvalue weighted by Crippen LogP contribution is 2.30. The minimum atomic E-state index is -4.17. The molecule has 0 aliphatic heterocycles. The lowest BCUT2D eigenvalue weighted by Gasteiger charge is -2.37. The molecular formula is C10H25F3O3Si4. The van der Waals surface area contributed by atoms with Crippen LogP contribution in [0.3, 0.4) is 0 Å². The van der Waals surface area contributed by atoms with Crippen molar-refractivity contribution in [3.63, 3.8) is 0 Å². The highest BCUT2D eigenvalue weighted by atomic mass is 28.5. The van der Waals surface area contributed by atoms with Crippen LogP contribution >= 0.6 is 0 Å². The third kappa shape index (κ3) is 10.3. The number of halogens is 3. The summed E-state index contributed by atoms with van der Waals surface area (Å²) in [6, 6.07) is -0.0678. The number of hydrogen-bond donors (Lipinski definition) is 0. The molecule has 0 N–H and O–H groups in total. The van der Waals surface area contributed by atoms with Gasteiger partial charge in [-0.25, -0.2) is 0 Å². The minimum Gasteiger partial charge on any atom is -0.437 e. The Kier molecular flexibility index (Phi) is 7.90. The van der Waals surface area contributed by atoms with Gasteiger partial charge in [0.1, 0.15) is 0 Å². The molecular weight excluding hydrogens is 337 g/mol. The number of rotatable bonds is 8. The van der Waals surface area contributed by atoms with Gasteiger partial charge in [-0.2, -0.15) is 13.2 Å². The first-order valence-electron chi connectivity index (χ1n) is 6.50. The van der Waals surface area contributed by atoms with Crippen LogP contribution in [0.4, 0.5) is 13.2 Å². The summed E-state index contributed by atoms with van der Waals surface area (Å²) in [5.74, 6) is 0. The molecule has 0 rings (SSSR count). The van der Waals surface area contributed by atoms with Crippen molar-refractivity contribution in [1.29, 1.82) is 0 Å². The molecule has 1 atom stereocenters. The van der Waals surface area contributed by atoms with E-state index in [0.29, 0.717) is 0 Å². The van der Waals surface area contributed by atoms with Gasteiger partial charge in [-0.3, -0.25) is 0 Å². The fourth-order valence-electron chi connectivity index (χ4n) is 1.96. The van der Waals surface area contributed by atoms with E-state index in [-0.39, 0.29) is 6.04 Å². The summed E-state index contributed by atoms with van der Waals surface area (Å²) < 4.78 is 55.1. The van der Waals surface area contributed by atoms with E-state index in [4.69, 9.17) is 12.3 Å². The Labute approximate surface area is 125 Å². The summed E-state index contributed by atoms with van der Waals surface area (Å²) in [5, 5.41) is 0. The molecule has 0 saturated carbocycles. The summed E-state index contributed by atoms with van der Waals surface area (Å²) in [6.45, 7) is 13.3. The van der Waals surface area contributed by atoms with Crippen LogP contribution in [0.25, 0.3) is 0 Å². The number of alkyl halides is 3. The molecule has 120 valence electrons. The fourth-order valence-corrected chi connectivity index (χ4v) is 16.1. The standard InChI is InChI=1S/C10H25F3O3Si4/c1-17(2)14-19(5,6)16-20(7,15-18(3)4)9-8-10(11,12)13/h8-9H2,1-7H3. The van der Waals surface area contributed by atoms with E-state index >= 15 is 0 Å². The van der Waals surface area contributed by atoms with Gasteiger partial charge in [-0.05, 0) is 51.9 Å². The molecule has 0 aliphatic carbocycles. The van der Waals surface area contributed by atoms with Crippen LogP contribution in [0.5, 0.6) is 0 Å². The molecule has 3 nitrogen and oxygen atoms in total. The second-order valence-electron chi connectivity index (χ2n) is 5.77. The molecule has 2 radical (unpaired) electrons. The highest BCUT2D eigenvalue weighted by Gasteiger charge is 2.43. The number of hydrogen-bond acceptors (Lipinski definition) is 3. The maximum atomic E-state index is 12.5. The largest absolute Gasteiger partial charge is 0.437 e. The average molecular weight is 363 g/mol. The quantitative estimate of drug-likeness (QED) is 0.604. The van der Waals surface area contributed by atoms with Crippen molar-refractivity contribution in [2.75, 3.05) is 0 Å². The Hall–Kier alpha value is 0.538. The lowest BCUT2D eigenvalue weighted by atomic mass is 10.5. The van der Waals surface area contributed by atoms with E-state index in [1.54, 1.807) is 6.55 Å². The van der Waals surface area contributed by atoms with Gasteiger partial charge in [0.2, 0.25) is 0 Å². The highest BCUT2D eigenvalue weighted by molar-refractivity contribution is 6.84. The van der Waals surface area contributed by atoms with Crippen LogP contribution in [0, 0.1) is 0 Å². The average Bonchev–Trinajstić information content (AvgIpc) is 2.08. The Morgan fingerprint density at radius 3 is 1.70 bits per heavy atom. The molecule has 0 aromatic heterocycles. The maximum Gasteiger partial charge on any atom is 0.389 e. The smallest absolute Gasteiger partial charge is 0.389 e. The fraction of sp³-hybridized carbons (Fsp3) is 1.00. The second kappa shape index (κ2) is 7.70. The summed E-state index contributed by atoms with van der Waals surface area (Å²) in [4.78, 5) is 0. The zero-order valence-corrected chi connectivity index (χ0v) is 17.3. The van der Waals surface area contributed by atoms with Crippen molar-refractivity contribution in [1.82, 2.24) is 0 Å². The second-order valence-corrected chi connectivity index (χ2v) is 17.4. The van der Waals surface area contributed by atoms with E-state index in [9.17, 15) is 13.2 Å². The van der Waals surface area contributed by atoms with E-state index in [1.165, 1.54) is 0 Å².